The van der Waals surface area contributed by atoms with Crippen molar-refractivity contribution in [1.82, 2.24) is 10.5 Å². The third-order valence-electron chi connectivity index (χ3n) is 4.06. The van der Waals surface area contributed by atoms with Gasteiger partial charge >= 0.3 is 0 Å². The van der Waals surface area contributed by atoms with Gasteiger partial charge in [0.2, 0.25) is 0 Å². The van der Waals surface area contributed by atoms with Gasteiger partial charge in [0.1, 0.15) is 5.76 Å². The van der Waals surface area contributed by atoms with E-state index in [0.717, 1.165) is 42.6 Å². The molecule has 0 radical (unpaired) electrons. The van der Waals surface area contributed by atoms with Crippen molar-refractivity contribution in [3.63, 3.8) is 0 Å². The second kappa shape index (κ2) is 6.12. The summed E-state index contributed by atoms with van der Waals surface area (Å²) in [7, 11) is 0. The van der Waals surface area contributed by atoms with Crippen LogP contribution in [0.25, 0.3) is 0 Å². The fraction of sp³-hybridized carbons (Fsp3) is 0.412. The Kier molecular flexibility index (Phi) is 4.04. The summed E-state index contributed by atoms with van der Waals surface area (Å²) in [6.45, 7) is 1.98. The van der Waals surface area contributed by atoms with Crippen LogP contribution in [0.15, 0.2) is 34.9 Å². The predicted molar refractivity (Wildman–Crippen MR) is 80.1 cm³/mol. The molecule has 0 aliphatic heterocycles. The highest BCUT2D eigenvalue weighted by Gasteiger charge is 2.24. The van der Waals surface area contributed by atoms with Crippen LogP contribution in [0.1, 0.15) is 59.6 Å². The number of aryl methyl sites for hydroxylation is 1. The van der Waals surface area contributed by atoms with E-state index in [2.05, 4.69) is 10.5 Å². The summed E-state index contributed by atoms with van der Waals surface area (Å²) in [5.74, 6) is 0.753. The number of carbonyl (C=O) groups excluding carboxylic acids is 1. The number of aromatic nitrogens is 1. The van der Waals surface area contributed by atoms with Crippen molar-refractivity contribution >= 4 is 5.91 Å². The van der Waals surface area contributed by atoms with Crippen LogP contribution in [0.5, 0.6) is 0 Å². The molecule has 4 heteroatoms. The average molecular weight is 284 g/mol. The van der Waals surface area contributed by atoms with E-state index >= 15 is 0 Å². The zero-order valence-electron chi connectivity index (χ0n) is 12.3. The van der Waals surface area contributed by atoms with E-state index < -0.39 is 0 Å². The molecule has 2 aromatic rings. The van der Waals surface area contributed by atoms with Crippen LogP contribution in [-0.4, -0.2) is 11.1 Å². The molecule has 3 rings (SSSR count). The van der Waals surface area contributed by atoms with Gasteiger partial charge in [-0.05, 0) is 31.7 Å². The number of nitrogens with one attached hydrogen (secondary N) is 1. The molecule has 1 heterocycles. The molecular formula is C17H20N2O2. The summed E-state index contributed by atoms with van der Waals surface area (Å²) in [6, 6.07) is 9.88. The monoisotopic (exact) mass is 284 g/mol. The van der Waals surface area contributed by atoms with E-state index in [1.165, 1.54) is 6.42 Å². The second-order valence-electron chi connectivity index (χ2n) is 5.60. The van der Waals surface area contributed by atoms with Crippen LogP contribution < -0.4 is 5.32 Å². The standard InChI is InChI=1S/C17H20N2O2/c1-12(13-8-4-2-5-9-13)18-17(20)16-14-10-6-3-7-11-15(14)21-19-16/h2,4-5,8-9,12H,3,6-7,10-11H2,1H3,(H,18,20)/t12-/m0/s1. The molecule has 0 bridgehead atoms. The number of hydrogen-bond acceptors (Lipinski definition) is 3. The Hall–Kier alpha value is -2.10. The van der Waals surface area contributed by atoms with Crippen molar-refractivity contribution in [2.45, 2.75) is 45.1 Å². The minimum Gasteiger partial charge on any atom is -0.360 e. The smallest absolute Gasteiger partial charge is 0.274 e. The summed E-state index contributed by atoms with van der Waals surface area (Å²) in [4.78, 5) is 12.4. The molecule has 0 fully saturated rings. The molecule has 1 atom stereocenters. The first-order chi connectivity index (χ1) is 10.3. The maximum atomic E-state index is 12.4. The molecule has 1 aromatic heterocycles. The number of carbonyl (C=O) groups is 1. The van der Waals surface area contributed by atoms with E-state index in [0.29, 0.717) is 5.69 Å². The van der Waals surface area contributed by atoms with Crippen LogP contribution in [-0.2, 0) is 12.8 Å². The molecule has 0 unspecified atom stereocenters. The third-order valence-corrected chi connectivity index (χ3v) is 4.06. The number of fused-ring (bicyclic) bond motifs is 1. The summed E-state index contributed by atoms with van der Waals surface area (Å²) >= 11 is 0. The summed E-state index contributed by atoms with van der Waals surface area (Å²) < 4.78 is 5.36. The summed E-state index contributed by atoms with van der Waals surface area (Å²) in [5, 5.41) is 7.01. The van der Waals surface area contributed by atoms with Crippen LogP contribution in [0, 0.1) is 0 Å². The van der Waals surface area contributed by atoms with Crippen molar-refractivity contribution in [2.75, 3.05) is 0 Å². The highest BCUT2D eigenvalue weighted by atomic mass is 16.5. The lowest BCUT2D eigenvalue weighted by Gasteiger charge is -2.13. The maximum Gasteiger partial charge on any atom is 0.274 e. The minimum atomic E-state index is -0.141. The molecular weight excluding hydrogens is 264 g/mol. The van der Waals surface area contributed by atoms with Crippen molar-refractivity contribution in [2.24, 2.45) is 0 Å². The first-order valence-electron chi connectivity index (χ1n) is 7.59. The van der Waals surface area contributed by atoms with Crippen LogP contribution in [0.4, 0.5) is 0 Å². The van der Waals surface area contributed by atoms with Crippen molar-refractivity contribution in [1.29, 1.82) is 0 Å². The molecule has 1 aromatic carbocycles. The lowest BCUT2D eigenvalue weighted by atomic mass is 10.1. The van der Waals surface area contributed by atoms with E-state index in [9.17, 15) is 4.79 Å². The Morgan fingerprint density at radius 3 is 2.76 bits per heavy atom. The Bertz CT molecular complexity index is 619. The minimum absolute atomic E-state index is 0.0446. The van der Waals surface area contributed by atoms with Gasteiger partial charge in [-0.3, -0.25) is 4.79 Å². The summed E-state index contributed by atoms with van der Waals surface area (Å²) in [5.41, 5.74) is 2.56. The first kappa shape index (κ1) is 13.9. The van der Waals surface area contributed by atoms with Gasteiger partial charge in [-0.2, -0.15) is 0 Å². The van der Waals surface area contributed by atoms with Gasteiger partial charge in [-0.1, -0.05) is 41.9 Å². The Balaban J connectivity index is 1.75. The van der Waals surface area contributed by atoms with Gasteiger partial charge < -0.3 is 9.84 Å². The van der Waals surface area contributed by atoms with Crippen LogP contribution >= 0.6 is 0 Å². The SMILES string of the molecule is C[C@H](NC(=O)c1noc2c1CCCCC2)c1ccccc1. The third kappa shape index (κ3) is 2.99. The van der Waals surface area contributed by atoms with Gasteiger partial charge in [0.05, 0.1) is 6.04 Å². The molecule has 0 spiro atoms. The quantitative estimate of drug-likeness (QED) is 0.878. The first-order valence-corrected chi connectivity index (χ1v) is 7.59. The number of rotatable bonds is 3. The Morgan fingerprint density at radius 2 is 1.95 bits per heavy atom. The Morgan fingerprint density at radius 1 is 1.19 bits per heavy atom. The number of hydrogen-bond donors (Lipinski definition) is 1. The molecule has 1 aliphatic rings. The van der Waals surface area contributed by atoms with Crippen molar-refractivity contribution in [3.8, 4) is 0 Å². The van der Waals surface area contributed by atoms with Gasteiger partial charge in [0.25, 0.3) is 5.91 Å². The highest BCUT2D eigenvalue weighted by molar-refractivity contribution is 5.94. The lowest BCUT2D eigenvalue weighted by molar-refractivity contribution is 0.0929. The predicted octanol–water partition coefficient (Wildman–Crippen LogP) is 3.43. The van der Waals surface area contributed by atoms with Crippen molar-refractivity contribution in [3.05, 3.63) is 52.9 Å². The van der Waals surface area contributed by atoms with Gasteiger partial charge in [0, 0.05) is 12.0 Å². The number of benzene rings is 1. The number of amides is 1. The van der Waals surface area contributed by atoms with E-state index in [1.54, 1.807) is 0 Å². The zero-order valence-corrected chi connectivity index (χ0v) is 12.3. The number of nitrogens with zero attached hydrogens (tertiary/aromatic N) is 1. The van der Waals surface area contributed by atoms with E-state index in [1.807, 2.05) is 37.3 Å². The fourth-order valence-corrected chi connectivity index (χ4v) is 2.83. The Labute approximate surface area is 124 Å². The lowest BCUT2D eigenvalue weighted by Crippen LogP contribution is -2.27. The van der Waals surface area contributed by atoms with Crippen molar-refractivity contribution < 1.29 is 9.32 Å². The highest BCUT2D eigenvalue weighted by Crippen LogP contribution is 2.24. The molecule has 1 N–H and O–H groups in total. The average Bonchev–Trinajstić information content (AvgIpc) is 2.77. The van der Waals surface area contributed by atoms with E-state index in [4.69, 9.17) is 4.52 Å². The second-order valence-corrected chi connectivity index (χ2v) is 5.60. The topological polar surface area (TPSA) is 55.1 Å². The zero-order chi connectivity index (χ0) is 14.7. The molecule has 110 valence electrons. The summed E-state index contributed by atoms with van der Waals surface area (Å²) in [6.07, 6.45) is 5.18. The molecule has 21 heavy (non-hydrogen) atoms. The molecule has 0 saturated heterocycles. The molecule has 1 aliphatic carbocycles. The van der Waals surface area contributed by atoms with Gasteiger partial charge in [-0.25, -0.2) is 0 Å². The molecule has 0 saturated carbocycles. The maximum absolute atomic E-state index is 12.4. The van der Waals surface area contributed by atoms with Gasteiger partial charge in [0.15, 0.2) is 5.69 Å². The molecule has 1 amide bonds. The van der Waals surface area contributed by atoms with E-state index in [-0.39, 0.29) is 11.9 Å². The van der Waals surface area contributed by atoms with Gasteiger partial charge in [-0.15, -0.1) is 0 Å². The van der Waals surface area contributed by atoms with Crippen LogP contribution in [0.2, 0.25) is 0 Å². The fourth-order valence-electron chi connectivity index (χ4n) is 2.83. The molecule has 4 nitrogen and oxygen atoms in total. The normalized spacial score (nSPS) is 15.9. The largest absolute Gasteiger partial charge is 0.360 e. The van der Waals surface area contributed by atoms with Crippen LogP contribution in [0.3, 0.4) is 0 Å².